The van der Waals surface area contributed by atoms with E-state index in [-0.39, 0.29) is 26.1 Å². The Morgan fingerprint density at radius 2 is 1.30 bits per heavy atom. The van der Waals surface area contributed by atoms with Gasteiger partial charge in [0.15, 0.2) is 6.10 Å². The van der Waals surface area contributed by atoms with Gasteiger partial charge in [0.05, 0.1) is 40.0 Å². The number of hydrogen-bond donors (Lipinski definition) is 2. The molecule has 0 heterocycles. The number of ether oxygens (including phenoxy) is 2. The lowest BCUT2D eigenvalue weighted by Crippen LogP contribution is -2.37. The quantitative estimate of drug-likeness (QED) is 0.0157. The van der Waals surface area contributed by atoms with E-state index in [0.29, 0.717) is 43.1 Å². The van der Waals surface area contributed by atoms with Gasteiger partial charge in [0, 0.05) is 12.8 Å². The summed E-state index contributed by atoms with van der Waals surface area (Å²) in [6.45, 7) is 3.77. The van der Waals surface area contributed by atoms with Crippen molar-refractivity contribution in [2.45, 2.75) is 148 Å². The number of phosphoric acid groups is 1. The van der Waals surface area contributed by atoms with Crippen molar-refractivity contribution in [3.63, 3.8) is 0 Å². The minimum absolute atomic E-state index is 0.0365. The smallest absolute Gasteiger partial charge is 0.306 e. The van der Waals surface area contributed by atoms with E-state index in [9.17, 15) is 29.3 Å². The first-order valence-electron chi connectivity index (χ1n) is 20.9. The number of quaternary nitrogens is 1. The summed E-state index contributed by atoms with van der Waals surface area (Å²) in [5.74, 6) is -1.02. The first-order valence-corrected chi connectivity index (χ1v) is 22.3. The normalized spacial score (nSPS) is 15.5. The number of rotatable bonds is 36. The molecule has 0 bridgehead atoms. The van der Waals surface area contributed by atoms with E-state index < -0.39 is 44.7 Å². The third-order valence-electron chi connectivity index (χ3n) is 8.42. The van der Waals surface area contributed by atoms with Crippen molar-refractivity contribution in [3.05, 3.63) is 72.9 Å². The molecule has 0 amide bonds. The van der Waals surface area contributed by atoms with Gasteiger partial charge in [0.1, 0.15) is 19.8 Å². The molecule has 12 heteroatoms. The number of aliphatic hydroxyl groups excluding tert-OH is 2. The Morgan fingerprint density at radius 1 is 0.696 bits per heavy atom. The summed E-state index contributed by atoms with van der Waals surface area (Å²) < 4.78 is 33.6. The monoisotopic (exact) mass is 810 g/mol. The van der Waals surface area contributed by atoms with Crippen LogP contribution in [0, 0.1) is 0 Å². The fraction of sp³-hybridized carbons (Fsp3) is 0.682. The minimum Gasteiger partial charge on any atom is -0.756 e. The summed E-state index contributed by atoms with van der Waals surface area (Å²) >= 11 is 0. The minimum atomic E-state index is -4.68. The molecule has 322 valence electrons. The van der Waals surface area contributed by atoms with E-state index in [1.165, 1.54) is 44.9 Å². The Labute approximate surface area is 339 Å². The number of nitrogens with zero attached hydrogens (tertiary/aromatic N) is 1. The lowest BCUT2D eigenvalue weighted by atomic mass is 10.1. The second-order valence-electron chi connectivity index (χ2n) is 15.0. The number of unbranched alkanes of at least 4 members (excludes halogenated alkanes) is 11. The summed E-state index contributed by atoms with van der Waals surface area (Å²) in [7, 11) is 1.02. The molecule has 0 aliphatic heterocycles. The van der Waals surface area contributed by atoms with Crippen molar-refractivity contribution in [3.8, 4) is 0 Å². The highest BCUT2D eigenvalue weighted by Crippen LogP contribution is 2.38. The first kappa shape index (κ1) is 53.4. The van der Waals surface area contributed by atoms with Gasteiger partial charge in [-0.3, -0.25) is 14.2 Å². The third kappa shape index (κ3) is 38.3. The highest BCUT2D eigenvalue weighted by atomic mass is 31.2. The lowest BCUT2D eigenvalue weighted by Gasteiger charge is -2.28. The Morgan fingerprint density at radius 3 is 1.93 bits per heavy atom. The summed E-state index contributed by atoms with van der Waals surface area (Å²) in [5.41, 5.74) is 0. The average Bonchev–Trinajstić information content (AvgIpc) is 3.13. The van der Waals surface area contributed by atoms with Crippen molar-refractivity contribution in [2.24, 2.45) is 0 Å². The molecule has 0 saturated heterocycles. The maximum atomic E-state index is 12.6. The van der Waals surface area contributed by atoms with Gasteiger partial charge in [-0.1, -0.05) is 151 Å². The van der Waals surface area contributed by atoms with Gasteiger partial charge in [0.2, 0.25) is 0 Å². The number of carbonyl (C=O) groups is 2. The van der Waals surface area contributed by atoms with E-state index >= 15 is 0 Å². The van der Waals surface area contributed by atoms with Gasteiger partial charge in [0.25, 0.3) is 7.82 Å². The zero-order valence-corrected chi connectivity index (χ0v) is 36.2. The van der Waals surface area contributed by atoms with Gasteiger partial charge >= 0.3 is 11.9 Å². The van der Waals surface area contributed by atoms with Crippen LogP contribution in [0.5, 0.6) is 0 Å². The third-order valence-corrected chi connectivity index (χ3v) is 9.38. The second-order valence-corrected chi connectivity index (χ2v) is 16.4. The molecule has 0 radical (unpaired) electrons. The number of aliphatic hydroxyl groups is 2. The number of esters is 2. The number of phosphoric ester groups is 1. The fourth-order valence-electron chi connectivity index (χ4n) is 5.10. The molecular weight excluding hydrogens is 733 g/mol. The molecule has 0 aromatic heterocycles. The Kier molecular flexibility index (Phi) is 33.9. The Balaban J connectivity index is 4.67. The van der Waals surface area contributed by atoms with Crippen LogP contribution in [0.3, 0.4) is 0 Å². The zero-order valence-electron chi connectivity index (χ0n) is 35.3. The van der Waals surface area contributed by atoms with E-state index in [1.54, 1.807) is 30.4 Å². The topological polar surface area (TPSA) is 152 Å². The lowest BCUT2D eigenvalue weighted by molar-refractivity contribution is -0.870. The summed E-state index contributed by atoms with van der Waals surface area (Å²) in [5, 5.41) is 20.0. The Bertz CT molecular complexity index is 1220. The Hall–Kier alpha value is -2.63. The molecule has 11 nitrogen and oxygen atoms in total. The van der Waals surface area contributed by atoms with Crippen molar-refractivity contribution < 1.29 is 52.3 Å². The SMILES string of the molecule is CC/C=C\C[C@H](O)/C=C/C=C\C/C=C\C=C\[C@H](O)/C=C\CCCC(=O)O[C@H](COC(=O)CCCCCCCCCCCCC)COP(=O)([O-])OCC[N+](C)(C)C. The molecule has 1 unspecified atom stereocenters. The molecule has 0 rings (SSSR count). The van der Waals surface area contributed by atoms with Gasteiger partial charge in [-0.25, -0.2) is 0 Å². The molecule has 4 atom stereocenters. The maximum Gasteiger partial charge on any atom is 0.306 e. The molecule has 0 aromatic rings. The molecular formula is C44H76NO10P. The van der Waals surface area contributed by atoms with Crippen LogP contribution in [0.4, 0.5) is 0 Å². The van der Waals surface area contributed by atoms with E-state index in [2.05, 4.69) is 13.8 Å². The van der Waals surface area contributed by atoms with Gasteiger partial charge in [-0.15, -0.1) is 0 Å². The van der Waals surface area contributed by atoms with Crippen molar-refractivity contribution in [2.75, 3.05) is 47.5 Å². The van der Waals surface area contributed by atoms with E-state index in [1.807, 2.05) is 63.7 Å². The summed E-state index contributed by atoms with van der Waals surface area (Å²) in [4.78, 5) is 37.4. The van der Waals surface area contributed by atoms with E-state index in [4.69, 9.17) is 18.5 Å². The van der Waals surface area contributed by atoms with Crippen LogP contribution in [0.1, 0.15) is 129 Å². The zero-order chi connectivity index (χ0) is 41.8. The van der Waals surface area contributed by atoms with Crippen LogP contribution in [0.15, 0.2) is 72.9 Å². The van der Waals surface area contributed by atoms with Crippen LogP contribution in [-0.4, -0.2) is 92.5 Å². The predicted molar refractivity (Wildman–Crippen MR) is 225 cm³/mol. The molecule has 0 fully saturated rings. The number of likely N-dealkylation sites (N-methyl/N-ethyl adjacent to an activating group) is 1. The molecule has 0 aliphatic rings. The van der Waals surface area contributed by atoms with Crippen molar-refractivity contribution in [1.29, 1.82) is 0 Å². The van der Waals surface area contributed by atoms with Gasteiger partial charge in [-0.2, -0.15) is 0 Å². The summed E-state index contributed by atoms with van der Waals surface area (Å²) in [6.07, 6.45) is 35.8. The molecule has 0 aliphatic carbocycles. The van der Waals surface area contributed by atoms with Crippen LogP contribution >= 0.6 is 7.82 Å². The highest BCUT2D eigenvalue weighted by molar-refractivity contribution is 7.45. The van der Waals surface area contributed by atoms with Crippen molar-refractivity contribution in [1.82, 2.24) is 0 Å². The number of carbonyl (C=O) groups excluding carboxylic acids is 2. The van der Waals surface area contributed by atoms with E-state index in [0.717, 1.165) is 25.7 Å². The molecule has 0 saturated carbocycles. The molecule has 56 heavy (non-hydrogen) atoms. The average molecular weight is 810 g/mol. The molecule has 0 spiro atoms. The summed E-state index contributed by atoms with van der Waals surface area (Å²) in [6, 6.07) is 0. The molecule has 2 N–H and O–H groups in total. The maximum absolute atomic E-state index is 12.6. The number of allylic oxidation sites excluding steroid dienone is 8. The molecule has 0 aromatic carbocycles. The van der Waals surface area contributed by atoms with Crippen LogP contribution in [0.2, 0.25) is 0 Å². The van der Waals surface area contributed by atoms with Crippen LogP contribution in [-0.2, 0) is 32.7 Å². The van der Waals surface area contributed by atoms with Crippen LogP contribution < -0.4 is 4.89 Å². The van der Waals surface area contributed by atoms with Crippen molar-refractivity contribution >= 4 is 19.8 Å². The number of hydrogen-bond acceptors (Lipinski definition) is 10. The van der Waals surface area contributed by atoms with Gasteiger partial charge < -0.3 is 38.1 Å². The largest absolute Gasteiger partial charge is 0.756 e. The van der Waals surface area contributed by atoms with Gasteiger partial charge in [-0.05, 0) is 38.5 Å². The second kappa shape index (κ2) is 35.5. The highest BCUT2D eigenvalue weighted by Gasteiger charge is 2.21. The fourth-order valence-corrected chi connectivity index (χ4v) is 5.83. The predicted octanol–water partition coefficient (Wildman–Crippen LogP) is 8.77. The standard InChI is InChI=1S/C44H76NO10P/c1-6-8-10-11-12-13-14-15-19-22-28-34-43(48)52-38-42(39-54-56(50,51)53-37-36-45(3,4)5)55-44(49)35-29-23-27-33-41(47)32-26-21-18-16-17-20-25-31-40(46)30-24-9-7-2/h9,17-18,20-21,24-27,31-33,40-42,46-47H,6-8,10-16,19,22-23,28-30,34-39H2,1-5H3/b20-17-,21-18-,24-9-,31-25+,32-26+,33-27-/t40-,41-,42+/m0/s1. The van der Waals surface area contributed by atoms with Crippen LogP contribution in [0.25, 0.3) is 0 Å². The first-order chi connectivity index (χ1) is 26.8.